The summed E-state index contributed by atoms with van der Waals surface area (Å²) in [5.74, 6) is 0. The van der Waals surface area contributed by atoms with Crippen LogP contribution in [0.5, 0.6) is 0 Å². The Labute approximate surface area is 109 Å². The summed E-state index contributed by atoms with van der Waals surface area (Å²) in [6.07, 6.45) is 3.61. The van der Waals surface area contributed by atoms with Gasteiger partial charge < -0.3 is 5.73 Å². The first-order valence-corrected chi connectivity index (χ1v) is 7.88. The lowest BCUT2D eigenvalue weighted by molar-refractivity contribution is 0.522. The molecule has 1 aromatic carbocycles. The molecule has 3 N–H and O–H groups in total. The summed E-state index contributed by atoms with van der Waals surface area (Å²) in [4.78, 5) is 0.318. The molecule has 0 spiro atoms. The highest BCUT2D eigenvalue weighted by atomic mass is 32.2. The van der Waals surface area contributed by atoms with Crippen molar-refractivity contribution in [3.05, 3.63) is 29.8 Å². The molecule has 0 radical (unpaired) electrons. The highest BCUT2D eigenvalue weighted by Crippen LogP contribution is 2.20. The van der Waals surface area contributed by atoms with Gasteiger partial charge in [0.2, 0.25) is 10.0 Å². The minimum absolute atomic E-state index is 0.0605. The van der Waals surface area contributed by atoms with Crippen LogP contribution in [0.2, 0.25) is 0 Å². The number of nitrogens with one attached hydrogen (secondary N) is 1. The second-order valence-electron chi connectivity index (χ2n) is 4.82. The first-order valence-electron chi connectivity index (χ1n) is 6.40. The first-order chi connectivity index (χ1) is 8.53. The minimum Gasteiger partial charge on any atom is -0.326 e. The predicted octanol–water partition coefficient (Wildman–Crippen LogP) is 1.41. The molecule has 2 atom stereocenters. The molecule has 100 valence electrons. The van der Waals surface area contributed by atoms with Crippen LogP contribution in [0, 0.1) is 0 Å². The van der Waals surface area contributed by atoms with Gasteiger partial charge in [0.15, 0.2) is 0 Å². The summed E-state index contributed by atoms with van der Waals surface area (Å²) in [6.45, 7) is 2.04. The number of benzene rings is 1. The van der Waals surface area contributed by atoms with E-state index in [4.69, 9.17) is 5.73 Å². The van der Waals surface area contributed by atoms with Crippen LogP contribution < -0.4 is 10.5 Å². The number of aryl methyl sites for hydroxylation is 1. The Morgan fingerprint density at radius 3 is 2.44 bits per heavy atom. The zero-order valence-corrected chi connectivity index (χ0v) is 11.4. The van der Waals surface area contributed by atoms with Crippen LogP contribution in [0.15, 0.2) is 29.2 Å². The zero-order chi connectivity index (χ0) is 13.2. The lowest BCUT2D eigenvalue weighted by Crippen LogP contribution is -2.43. The molecular formula is C13H20N2O2S. The molecule has 0 aromatic heterocycles. The normalized spacial score (nSPS) is 24.3. The van der Waals surface area contributed by atoms with Crippen molar-refractivity contribution in [2.24, 2.45) is 5.73 Å². The monoisotopic (exact) mass is 268 g/mol. The van der Waals surface area contributed by atoms with Crippen LogP contribution in [0.4, 0.5) is 0 Å². The number of sulfonamides is 1. The van der Waals surface area contributed by atoms with E-state index >= 15 is 0 Å². The summed E-state index contributed by atoms with van der Waals surface area (Å²) in [6, 6.07) is 6.82. The Morgan fingerprint density at radius 2 is 1.94 bits per heavy atom. The van der Waals surface area contributed by atoms with Gasteiger partial charge in [0.1, 0.15) is 0 Å². The Kier molecular flexibility index (Phi) is 4.04. The van der Waals surface area contributed by atoms with Gasteiger partial charge in [0.05, 0.1) is 4.90 Å². The Bertz CT molecular complexity index is 496. The van der Waals surface area contributed by atoms with Gasteiger partial charge in [-0.15, -0.1) is 0 Å². The van der Waals surface area contributed by atoms with Crippen molar-refractivity contribution in [2.75, 3.05) is 0 Å². The molecular weight excluding hydrogens is 248 g/mol. The summed E-state index contributed by atoms with van der Waals surface area (Å²) in [5, 5.41) is 0. The van der Waals surface area contributed by atoms with E-state index in [1.165, 1.54) is 0 Å². The van der Waals surface area contributed by atoms with Gasteiger partial charge in [0, 0.05) is 12.1 Å². The number of hydrogen-bond donors (Lipinski definition) is 2. The predicted molar refractivity (Wildman–Crippen MR) is 71.8 cm³/mol. The van der Waals surface area contributed by atoms with Crippen molar-refractivity contribution < 1.29 is 8.42 Å². The molecule has 2 unspecified atom stereocenters. The van der Waals surface area contributed by atoms with Crippen molar-refractivity contribution in [1.29, 1.82) is 0 Å². The fourth-order valence-corrected chi connectivity index (χ4v) is 3.63. The van der Waals surface area contributed by atoms with Crippen molar-refractivity contribution in [3.63, 3.8) is 0 Å². The van der Waals surface area contributed by atoms with Gasteiger partial charge >= 0.3 is 0 Å². The number of rotatable bonds is 4. The van der Waals surface area contributed by atoms with Crippen LogP contribution >= 0.6 is 0 Å². The molecule has 5 heteroatoms. The maximum absolute atomic E-state index is 12.2. The van der Waals surface area contributed by atoms with Gasteiger partial charge in [-0.3, -0.25) is 0 Å². The van der Waals surface area contributed by atoms with Crippen molar-refractivity contribution in [1.82, 2.24) is 4.72 Å². The standard InChI is InChI=1S/C13H20N2O2S/c1-2-10-6-8-11(9-7-10)18(16,17)15-13-5-3-4-12(13)14/h6-9,12-13,15H,2-5,14H2,1H3. The number of nitrogens with two attached hydrogens (primary N) is 1. The van der Waals surface area contributed by atoms with E-state index in [9.17, 15) is 8.42 Å². The maximum atomic E-state index is 12.2. The molecule has 0 amide bonds. The van der Waals surface area contributed by atoms with Gasteiger partial charge in [-0.05, 0) is 37.0 Å². The average molecular weight is 268 g/mol. The van der Waals surface area contributed by atoms with E-state index in [0.29, 0.717) is 4.90 Å². The zero-order valence-electron chi connectivity index (χ0n) is 10.6. The fraction of sp³-hybridized carbons (Fsp3) is 0.538. The fourth-order valence-electron chi connectivity index (χ4n) is 2.31. The average Bonchev–Trinajstić information content (AvgIpc) is 2.74. The minimum atomic E-state index is -3.43. The Hall–Kier alpha value is -0.910. The second-order valence-corrected chi connectivity index (χ2v) is 6.53. The molecule has 2 rings (SSSR count). The molecule has 0 bridgehead atoms. The summed E-state index contributed by atoms with van der Waals surface area (Å²) in [5.41, 5.74) is 7.01. The van der Waals surface area contributed by atoms with E-state index in [2.05, 4.69) is 4.72 Å². The SMILES string of the molecule is CCc1ccc(S(=O)(=O)NC2CCCC2N)cc1. The van der Waals surface area contributed by atoms with Gasteiger partial charge in [0.25, 0.3) is 0 Å². The van der Waals surface area contributed by atoms with Gasteiger partial charge in [-0.2, -0.15) is 0 Å². The molecule has 1 aliphatic rings. The third-order valence-electron chi connectivity index (χ3n) is 3.52. The van der Waals surface area contributed by atoms with Gasteiger partial charge in [-0.1, -0.05) is 25.5 Å². The van der Waals surface area contributed by atoms with Crippen LogP contribution in [0.25, 0.3) is 0 Å². The van der Waals surface area contributed by atoms with E-state index in [1.807, 2.05) is 19.1 Å². The smallest absolute Gasteiger partial charge is 0.240 e. The van der Waals surface area contributed by atoms with Crippen LogP contribution in [0.3, 0.4) is 0 Å². The van der Waals surface area contributed by atoms with Crippen molar-refractivity contribution in [2.45, 2.75) is 49.6 Å². The largest absolute Gasteiger partial charge is 0.326 e. The van der Waals surface area contributed by atoms with E-state index in [1.54, 1.807) is 12.1 Å². The molecule has 1 saturated carbocycles. The van der Waals surface area contributed by atoms with Crippen LogP contribution in [0.1, 0.15) is 31.7 Å². The van der Waals surface area contributed by atoms with Crippen LogP contribution in [-0.2, 0) is 16.4 Å². The molecule has 1 aliphatic carbocycles. The van der Waals surface area contributed by atoms with Crippen molar-refractivity contribution in [3.8, 4) is 0 Å². The van der Waals surface area contributed by atoms with E-state index in [-0.39, 0.29) is 12.1 Å². The molecule has 1 aromatic rings. The van der Waals surface area contributed by atoms with E-state index < -0.39 is 10.0 Å². The summed E-state index contributed by atoms with van der Waals surface area (Å²) < 4.78 is 27.0. The van der Waals surface area contributed by atoms with Gasteiger partial charge in [-0.25, -0.2) is 13.1 Å². The molecule has 0 saturated heterocycles. The summed E-state index contributed by atoms with van der Waals surface area (Å²) in [7, 11) is -3.43. The molecule has 0 aliphatic heterocycles. The topological polar surface area (TPSA) is 72.2 Å². The lowest BCUT2D eigenvalue weighted by Gasteiger charge is -2.17. The van der Waals surface area contributed by atoms with Crippen LogP contribution in [-0.4, -0.2) is 20.5 Å². The quantitative estimate of drug-likeness (QED) is 0.867. The molecule has 18 heavy (non-hydrogen) atoms. The first kappa shape index (κ1) is 13.5. The highest BCUT2D eigenvalue weighted by molar-refractivity contribution is 7.89. The Morgan fingerprint density at radius 1 is 1.28 bits per heavy atom. The van der Waals surface area contributed by atoms with E-state index in [0.717, 1.165) is 31.2 Å². The molecule has 0 heterocycles. The summed E-state index contributed by atoms with van der Waals surface area (Å²) >= 11 is 0. The molecule has 4 nitrogen and oxygen atoms in total. The second kappa shape index (κ2) is 5.38. The third kappa shape index (κ3) is 2.91. The highest BCUT2D eigenvalue weighted by Gasteiger charge is 2.28. The molecule has 1 fully saturated rings. The van der Waals surface area contributed by atoms with Crippen molar-refractivity contribution >= 4 is 10.0 Å². The Balaban J connectivity index is 2.14. The third-order valence-corrected chi connectivity index (χ3v) is 5.02. The maximum Gasteiger partial charge on any atom is 0.240 e. The number of hydrogen-bond acceptors (Lipinski definition) is 3. The lowest BCUT2D eigenvalue weighted by atomic mass is 10.2.